The lowest BCUT2D eigenvalue weighted by Crippen LogP contribution is -2.20. The molecule has 210 valence electrons. The molecule has 2 aromatic carbocycles. The highest BCUT2D eigenvalue weighted by molar-refractivity contribution is 7.92. The van der Waals surface area contributed by atoms with E-state index in [0.717, 1.165) is 33.8 Å². The van der Waals surface area contributed by atoms with E-state index in [0.29, 0.717) is 42.5 Å². The van der Waals surface area contributed by atoms with Crippen LogP contribution in [0.2, 0.25) is 0 Å². The fourth-order valence-electron chi connectivity index (χ4n) is 4.54. The van der Waals surface area contributed by atoms with Crippen LogP contribution < -0.4 is 9.62 Å². The number of benzene rings is 2. The molecule has 2 heterocycles. The molecule has 0 atom stereocenters. The Labute approximate surface area is 236 Å². The van der Waals surface area contributed by atoms with Crippen LogP contribution in [-0.2, 0) is 27.9 Å². The zero-order valence-corrected chi connectivity index (χ0v) is 24.6. The summed E-state index contributed by atoms with van der Waals surface area (Å²) in [6.07, 6.45) is 1.78. The first-order chi connectivity index (χ1) is 19.1. The summed E-state index contributed by atoms with van der Waals surface area (Å²) in [4.78, 5) is 11.3. The Bertz CT molecular complexity index is 1650. The molecule has 9 nitrogen and oxygen atoms in total. The molecule has 0 aliphatic rings. The van der Waals surface area contributed by atoms with Gasteiger partial charge >= 0.3 is 0 Å². The number of ether oxygens (including phenoxy) is 1. The number of hydrogen-bond donors (Lipinski definition) is 1. The van der Waals surface area contributed by atoms with Crippen molar-refractivity contribution in [3.05, 3.63) is 88.6 Å². The van der Waals surface area contributed by atoms with E-state index in [1.807, 2.05) is 46.0 Å². The van der Waals surface area contributed by atoms with E-state index in [1.165, 1.54) is 0 Å². The van der Waals surface area contributed by atoms with Gasteiger partial charge in [0.15, 0.2) is 5.82 Å². The third-order valence-corrected chi connectivity index (χ3v) is 8.10. The number of aromatic nitrogens is 3. The van der Waals surface area contributed by atoms with Crippen molar-refractivity contribution in [2.45, 2.75) is 52.7 Å². The number of nitrogens with zero attached hydrogens (tertiary/aromatic N) is 4. The van der Waals surface area contributed by atoms with Gasteiger partial charge in [0, 0.05) is 36.9 Å². The Morgan fingerprint density at radius 2 is 1.82 bits per heavy atom. The number of nitrogens with one attached hydrogen (secondary N) is 1. The average Bonchev–Trinajstić information content (AvgIpc) is 3.23. The molecule has 4 rings (SSSR count). The van der Waals surface area contributed by atoms with Crippen LogP contribution in [0.3, 0.4) is 0 Å². The van der Waals surface area contributed by atoms with E-state index in [9.17, 15) is 8.42 Å². The Morgan fingerprint density at radius 1 is 1.07 bits per heavy atom. The zero-order chi connectivity index (χ0) is 29.0. The topological polar surface area (TPSA) is 110 Å². The third-order valence-electron chi connectivity index (χ3n) is 6.70. The van der Waals surface area contributed by atoms with Gasteiger partial charge in [0.2, 0.25) is 0 Å². The molecule has 0 aliphatic heterocycles. The van der Waals surface area contributed by atoms with E-state index < -0.39 is 10.0 Å². The molecule has 4 aromatic rings. The van der Waals surface area contributed by atoms with Gasteiger partial charge in [0.1, 0.15) is 17.4 Å². The SMILES string of the molecule is C=Cc1c(C)nc(C)nc1N(C)Cc1ccc(-c2ccccc2S(=O)(=O)Nc2noc(C)c2C)c(COCC)c1. The number of sulfonamides is 1. The van der Waals surface area contributed by atoms with E-state index in [4.69, 9.17) is 9.26 Å². The predicted molar refractivity (Wildman–Crippen MR) is 158 cm³/mol. The molecule has 0 aliphatic carbocycles. The molecule has 0 spiro atoms. The van der Waals surface area contributed by atoms with Gasteiger partial charge in [0.25, 0.3) is 10.0 Å². The number of anilines is 2. The number of aryl methyl sites for hydroxylation is 3. The molecule has 0 amide bonds. The largest absolute Gasteiger partial charge is 0.377 e. The molecule has 40 heavy (non-hydrogen) atoms. The monoisotopic (exact) mass is 561 g/mol. The molecule has 1 N–H and O–H groups in total. The first-order valence-corrected chi connectivity index (χ1v) is 14.5. The summed E-state index contributed by atoms with van der Waals surface area (Å²) in [6.45, 7) is 14.6. The molecular formula is C30H35N5O4S. The van der Waals surface area contributed by atoms with E-state index in [-0.39, 0.29) is 10.7 Å². The van der Waals surface area contributed by atoms with Gasteiger partial charge in [-0.1, -0.05) is 54.2 Å². The van der Waals surface area contributed by atoms with Crippen LogP contribution in [-0.4, -0.2) is 37.2 Å². The van der Waals surface area contributed by atoms with Crippen LogP contribution in [0, 0.1) is 27.7 Å². The average molecular weight is 562 g/mol. The normalized spacial score (nSPS) is 11.4. The van der Waals surface area contributed by atoms with Crippen molar-refractivity contribution in [1.29, 1.82) is 0 Å². The highest BCUT2D eigenvalue weighted by Gasteiger charge is 2.24. The van der Waals surface area contributed by atoms with Gasteiger partial charge in [-0.15, -0.1) is 0 Å². The fourth-order valence-corrected chi connectivity index (χ4v) is 5.82. The minimum atomic E-state index is -3.96. The van der Waals surface area contributed by atoms with Gasteiger partial charge in [0.05, 0.1) is 17.2 Å². The summed E-state index contributed by atoms with van der Waals surface area (Å²) >= 11 is 0. The van der Waals surface area contributed by atoms with Crippen LogP contribution in [0.25, 0.3) is 17.2 Å². The lowest BCUT2D eigenvalue weighted by atomic mass is 9.97. The third kappa shape index (κ3) is 6.08. The second-order valence-corrected chi connectivity index (χ2v) is 11.2. The van der Waals surface area contributed by atoms with Crippen LogP contribution in [0.4, 0.5) is 11.6 Å². The van der Waals surface area contributed by atoms with Crippen molar-refractivity contribution in [2.24, 2.45) is 0 Å². The maximum absolute atomic E-state index is 13.5. The van der Waals surface area contributed by atoms with Crippen molar-refractivity contribution < 1.29 is 17.7 Å². The standard InChI is InChI=1S/C30H35N5O4S/c1-8-25-20(4)31-22(6)32-30(25)35(7)17-23-14-15-26(24(16-23)18-38-9-2)27-12-10-11-13-28(27)40(36,37)34-29-19(3)21(5)39-33-29/h8,10-16H,1,9,17-18H2,2-7H3,(H,33,34). The summed E-state index contributed by atoms with van der Waals surface area (Å²) < 4.78 is 40.6. The predicted octanol–water partition coefficient (Wildman–Crippen LogP) is 5.98. The summed E-state index contributed by atoms with van der Waals surface area (Å²) in [6, 6.07) is 12.9. The summed E-state index contributed by atoms with van der Waals surface area (Å²) in [5.41, 5.74) is 5.65. The highest BCUT2D eigenvalue weighted by atomic mass is 32.2. The Kier molecular flexibility index (Phi) is 8.70. The maximum Gasteiger partial charge on any atom is 0.263 e. The van der Waals surface area contributed by atoms with E-state index in [2.05, 4.69) is 37.4 Å². The summed E-state index contributed by atoms with van der Waals surface area (Å²) in [5, 5.41) is 3.87. The number of hydrogen-bond acceptors (Lipinski definition) is 8. The smallest absolute Gasteiger partial charge is 0.263 e. The molecule has 10 heteroatoms. The first-order valence-electron chi connectivity index (χ1n) is 13.0. The first kappa shape index (κ1) is 29.0. The van der Waals surface area contributed by atoms with E-state index >= 15 is 0 Å². The van der Waals surface area contributed by atoms with Crippen molar-refractivity contribution in [3.8, 4) is 11.1 Å². The van der Waals surface area contributed by atoms with Gasteiger partial charge in [-0.05, 0) is 57.4 Å². The molecule has 0 radical (unpaired) electrons. The van der Waals surface area contributed by atoms with Crippen LogP contribution in [0.5, 0.6) is 0 Å². The maximum atomic E-state index is 13.5. The lowest BCUT2D eigenvalue weighted by molar-refractivity contribution is 0.134. The Hall–Kier alpha value is -4.02. The highest BCUT2D eigenvalue weighted by Crippen LogP contribution is 2.33. The Balaban J connectivity index is 1.73. The van der Waals surface area contributed by atoms with Crippen LogP contribution in [0.15, 0.2) is 58.5 Å². The van der Waals surface area contributed by atoms with Gasteiger partial charge < -0.3 is 14.2 Å². The van der Waals surface area contributed by atoms with Gasteiger partial charge in [-0.3, -0.25) is 4.72 Å². The van der Waals surface area contributed by atoms with Crippen molar-refractivity contribution >= 4 is 27.7 Å². The van der Waals surface area contributed by atoms with E-state index in [1.54, 1.807) is 38.1 Å². The minimum Gasteiger partial charge on any atom is -0.377 e. The molecular weight excluding hydrogens is 526 g/mol. The fraction of sp³-hybridized carbons (Fsp3) is 0.300. The minimum absolute atomic E-state index is 0.139. The lowest BCUT2D eigenvalue weighted by Gasteiger charge is -2.23. The second kappa shape index (κ2) is 12.0. The molecule has 0 bridgehead atoms. The summed E-state index contributed by atoms with van der Waals surface area (Å²) in [5.74, 6) is 2.23. The van der Waals surface area contributed by atoms with Crippen molar-refractivity contribution in [3.63, 3.8) is 0 Å². The summed E-state index contributed by atoms with van der Waals surface area (Å²) in [7, 11) is -1.99. The molecule has 0 saturated carbocycles. The van der Waals surface area contributed by atoms with Crippen molar-refractivity contribution in [2.75, 3.05) is 23.3 Å². The second-order valence-electron chi connectivity index (χ2n) is 9.60. The Morgan fingerprint density at radius 3 is 2.50 bits per heavy atom. The molecule has 0 saturated heterocycles. The molecule has 0 unspecified atom stereocenters. The molecule has 0 fully saturated rings. The number of rotatable bonds is 11. The van der Waals surface area contributed by atoms with Crippen LogP contribution in [0.1, 0.15) is 46.5 Å². The van der Waals surface area contributed by atoms with Crippen LogP contribution >= 0.6 is 0 Å². The van der Waals surface area contributed by atoms with Crippen molar-refractivity contribution in [1.82, 2.24) is 15.1 Å². The van der Waals surface area contributed by atoms with Gasteiger partial charge in [-0.2, -0.15) is 0 Å². The molecule has 2 aromatic heterocycles. The van der Waals surface area contributed by atoms with Gasteiger partial charge in [-0.25, -0.2) is 18.4 Å². The zero-order valence-electron chi connectivity index (χ0n) is 23.8. The quantitative estimate of drug-likeness (QED) is 0.238.